The summed E-state index contributed by atoms with van der Waals surface area (Å²) in [7, 11) is 0.456. The lowest BCUT2D eigenvalue weighted by atomic mass is 10.2. The van der Waals surface area contributed by atoms with Gasteiger partial charge >= 0.3 is 0 Å². The average molecular weight is 367 g/mol. The van der Waals surface area contributed by atoms with E-state index in [0.29, 0.717) is 11.7 Å². The standard InChI is InChI=1S/C14H22N2O5S.ClH/c1-19-10-6-12(20-2)14(13(7-10)21-3)22(17,18)16-11(8-15)9-4-5-9;/h6-7,9,11,16H,4-5,8,15H2,1-3H3;1H. The van der Waals surface area contributed by atoms with Crippen LogP contribution in [-0.2, 0) is 10.0 Å². The topological polar surface area (TPSA) is 99.9 Å². The Balaban J connectivity index is 0.00000264. The normalized spacial score (nSPS) is 15.5. The Kier molecular flexibility index (Phi) is 6.94. The Labute approximate surface area is 142 Å². The highest BCUT2D eigenvalue weighted by Crippen LogP contribution is 2.39. The molecule has 0 aromatic heterocycles. The smallest absolute Gasteiger partial charge is 0.248 e. The molecule has 7 nitrogen and oxygen atoms in total. The first-order chi connectivity index (χ1) is 10.5. The van der Waals surface area contributed by atoms with E-state index in [0.717, 1.165) is 12.8 Å². The predicted octanol–water partition coefficient (Wildman–Crippen LogP) is 1.15. The lowest BCUT2D eigenvalue weighted by molar-refractivity contribution is 0.358. The van der Waals surface area contributed by atoms with Crippen LogP contribution in [-0.4, -0.2) is 42.3 Å². The number of halogens is 1. The summed E-state index contributed by atoms with van der Waals surface area (Å²) in [6, 6.07) is 2.73. The summed E-state index contributed by atoms with van der Waals surface area (Å²) in [6.07, 6.45) is 1.97. The van der Waals surface area contributed by atoms with Crippen LogP contribution in [0.3, 0.4) is 0 Å². The van der Waals surface area contributed by atoms with Gasteiger partial charge < -0.3 is 19.9 Å². The SMILES string of the molecule is COc1cc(OC)c(S(=O)(=O)NC(CN)C2CC2)c(OC)c1.Cl. The van der Waals surface area contributed by atoms with Crippen molar-refractivity contribution < 1.29 is 22.6 Å². The number of nitrogens with two attached hydrogens (primary N) is 1. The van der Waals surface area contributed by atoms with Crippen LogP contribution in [0.5, 0.6) is 17.2 Å². The molecular formula is C14H23ClN2O5S. The van der Waals surface area contributed by atoms with Gasteiger partial charge in [-0.3, -0.25) is 0 Å². The van der Waals surface area contributed by atoms with Crippen molar-refractivity contribution in [1.29, 1.82) is 0 Å². The van der Waals surface area contributed by atoms with E-state index in [9.17, 15) is 8.42 Å². The van der Waals surface area contributed by atoms with Crippen molar-refractivity contribution >= 4 is 22.4 Å². The first-order valence-corrected chi connectivity index (χ1v) is 8.47. The molecule has 1 unspecified atom stereocenters. The fraction of sp³-hybridized carbons (Fsp3) is 0.571. The number of rotatable bonds is 8. The molecule has 1 aromatic rings. The quantitative estimate of drug-likeness (QED) is 0.715. The maximum atomic E-state index is 12.7. The van der Waals surface area contributed by atoms with Gasteiger partial charge in [-0.25, -0.2) is 13.1 Å². The Morgan fingerprint density at radius 2 is 1.70 bits per heavy atom. The Hall–Kier alpha value is -1.22. The summed E-state index contributed by atoms with van der Waals surface area (Å²) in [5.74, 6) is 1.07. The minimum absolute atomic E-state index is 0. The zero-order valence-corrected chi connectivity index (χ0v) is 15.0. The van der Waals surface area contributed by atoms with Gasteiger partial charge in [-0.15, -0.1) is 12.4 Å². The van der Waals surface area contributed by atoms with Gasteiger partial charge in [0.2, 0.25) is 10.0 Å². The molecule has 1 aliphatic carbocycles. The number of methoxy groups -OCH3 is 3. The van der Waals surface area contributed by atoms with E-state index in [-0.39, 0.29) is 41.4 Å². The summed E-state index contributed by atoms with van der Waals surface area (Å²) in [4.78, 5) is -0.0441. The molecular weight excluding hydrogens is 344 g/mol. The van der Waals surface area contributed by atoms with Gasteiger partial charge in [0.25, 0.3) is 0 Å². The third-order valence-corrected chi connectivity index (χ3v) is 5.24. The van der Waals surface area contributed by atoms with E-state index in [1.54, 1.807) is 0 Å². The first-order valence-electron chi connectivity index (χ1n) is 6.99. The van der Waals surface area contributed by atoms with Gasteiger partial charge in [-0.2, -0.15) is 0 Å². The molecule has 0 bridgehead atoms. The molecule has 0 radical (unpaired) electrons. The fourth-order valence-corrected chi connectivity index (χ4v) is 3.95. The Bertz CT molecular complexity index is 609. The second-order valence-corrected chi connectivity index (χ2v) is 6.81. The number of benzene rings is 1. The van der Waals surface area contributed by atoms with Crippen molar-refractivity contribution in [3.8, 4) is 17.2 Å². The zero-order chi connectivity index (χ0) is 16.3. The largest absolute Gasteiger partial charge is 0.496 e. The Morgan fingerprint density at radius 3 is 2.04 bits per heavy atom. The number of ether oxygens (including phenoxy) is 3. The molecule has 132 valence electrons. The molecule has 0 heterocycles. The molecule has 1 fully saturated rings. The van der Waals surface area contributed by atoms with Crippen molar-refractivity contribution in [1.82, 2.24) is 4.72 Å². The molecule has 23 heavy (non-hydrogen) atoms. The van der Waals surface area contributed by atoms with E-state index in [4.69, 9.17) is 19.9 Å². The molecule has 0 spiro atoms. The highest BCUT2D eigenvalue weighted by Gasteiger charge is 2.35. The summed E-state index contributed by atoms with van der Waals surface area (Å²) in [6.45, 7) is 0.255. The number of sulfonamides is 1. The average Bonchev–Trinajstić information content (AvgIpc) is 3.35. The van der Waals surface area contributed by atoms with E-state index < -0.39 is 10.0 Å². The van der Waals surface area contributed by atoms with Gasteiger partial charge in [-0.05, 0) is 18.8 Å². The van der Waals surface area contributed by atoms with Crippen LogP contribution in [0.15, 0.2) is 17.0 Å². The molecule has 3 N–H and O–H groups in total. The summed E-state index contributed by atoms with van der Waals surface area (Å²) in [5.41, 5.74) is 5.68. The summed E-state index contributed by atoms with van der Waals surface area (Å²) in [5, 5.41) is 0. The summed E-state index contributed by atoms with van der Waals surface area (Å²) >= 11 is 0. The monoisotopic (exact) mass is 366 g/mol. The van der Waals surface area contributed by atoms with Gasteiger partial charge in [0.1, 0.15) is 17.2 Å². The fourth-order valence-electron chi connectivity index (χ4n) is 2.33. The van der Waals surface area contributed by atoms with Crippen LogP contribution < -0.4 is 24.7 Å². The van der Waals surface area contributed by atoms with Crippen LogP contribution in [0, 0.1) is 5.92 Å². The maximum Gasteiger partial charge on any atom is 0.248 e. The number of nitrogens with one attached hydrogen (secondary N) is 1. The van der Waals surface area contributed by atoms with Crippen LogP contribution in [0.2, 0.25) is 0 Å². The molecule has 1 aliphatic rings. The van der Waals surface area contributed by atoms with Gasteiger partial charge in [0.15, 0.2) is 4.90 Å². The van der Waals surface area contributed by atoms with E-state index >= 15 is 0 Å². The molecule has 1 saturated carbocycles. The molecule has 0 amide bonds. The van der Waals surface area contributed by atoms with Gasteiger partial charge in [0, 0.05) is 24.7 Å². The van der Waals surface area contributed by atoms with Gasteiger partial charge in [0.05, 0.1) is 21.3 Å². The highest BCUT2D eigenvalue weighted by atomic mass is 35.5. The number of hydrogen-bond donors (Lipinski definition) is 2. The molecule has 1 atom stereocenters. The van der Waals surface area contributed by atoms with Crippen LogP contribution in [0.25, 0.3) is 0 Å². The van der Waals surface area contributed by atoms with Crippen LogP contribution >= 0.6 is 12.4 Å². The highest BCUT2D eigenvalue weighted by molar-refractivity contribution is 7.89. The molecule has 1 aromatic carbocycles. The molecule has 0 saturated heterocycles. The molecule has 2 rings (SSSR count). The molecule has 9 heteroatoms. The van der Waals surface area contributed by atoms with Crippen molar-refractivity contribution in [3.05, 3.63) is 12.1 Å². The van der Waals surface area contributed by atoms with Crippen molar-refractivity contribution in [2.45, 2.75) is 23.8 Å². The summed E-state index contributed by atoms with van der Waals surface area (Å²) < 4.78 is 43.6. The third-order valence-electron chi connectivity index (χ3n) is 3.69. The zero-order valence-electron chi connectivity index (χ0n) is 13.4. The predicted molar refractivity (Wildman–Crippen MR) is 89.2 cm³/mol. The van der Waals surface area contributed by atoms with E-state index in [2.05, 4.69) is 4.72 Å². The van der Waals surface area contributed by atoms with Crippen molar-refractivity contribution in [3.63, 3.8) is 0 Å². The lowest BCUT2D eigenvalue weighted by Gasteiger charge is -2.19. The van der Waals surface area contributed by atoms with Crippen molar-refractivity contribution in [2.75, 3.05) is 27.9 Å². The molecule has 0 aliphatic heterocycles. The van der Waals surface area contributed by atoms with E-state index in [1.165, 1.54) is 33.5 Å². The van der Waals surface area contributed by atoms with E-state index in [1.807, 2.05) is 0 Å². The minimum atomic E-state index is -3.82. The Morgan fingerprint density at radius 1 is 1.17 bits per heavy atom. The lowest BCUT2D eigenvalue weighted by Crippen LogP contribution is -2.41. The second kappa shape index (κ2) is 8.05. The first kappa shape index (κ1) is 19.8. The second-order valence-electron chi connectivity index (χ2n) is 5.16. The van der Waals surface area contributed by atoms with Crippen LogP contribution in [0.4, 0.5) is 0 Å². The third kappa shape index (κ3) is 4.41. The number of hydrogen-bond acceptors (Lipinski definition) is 6. The van der Waals surface area contributed by atoms with Gasteiger partial charge in [-0.1, -0.05) is 0 Å². The minimum Gasteiger partial charge on any atom is -0.496 e. The van der Waals surface area contributed by atoms with Crippen molar-refractivity contribution in [2.24, 2.45) is 11.7 Å². The van der Waals surface area contributed by atoms with Crippen LogP contribution in [0.1, 0.15) is 12.8 Å². The maximum absolute atomic E-state index is 12.7.